The minimum absolute atomic E-state index is 0.0430. The summed E-state index contributed by atoms with van der Waals surface area (Å²) in [5, 5.41) is 8.03. The molecule has 1 amide bonds. The van der Waals surface area contributed by atoms with Crippen LogP contribution in [0.25, 0.3) is 0 Å². The predicted molar refractivity (Wildman–Crippen MR) is 88.7 cm³/mol. The Labute approximate surface area is 144 Å². The van der Waals surface area contributed by atoms with E-state index in [9.17, 15) is 4.79 Å². The standard InChI is InChI=1S/C17H21N3O3S/c21-16(8-12-5-7-24-11-12)20-6-1-2-14(9-20)22-10-15-18-17(19-23-15)13-3-4-13/h5,7,11,13-14H,1-4,6,8-10H2/t14-/m1/s1. The topological polar surface area (TPSA) is 68.5 Å². The van der Waals surface area contributed by atoms with E-state index >= 15 is 0 Å². The fourth-order valence-electron chi connectivity index (χ4n) is 3.00. The van der Waals surface area contributed by atoms with Crippen molar-refractivity contribution in [1.29, 1.82) is 0 Å². The average molecular weight is 347 g/mol. The highest BCUT2D eigenvalue weighted by Gasteiger charge is 2.29. The first-order chi connectivity index (χ1) is 11.8. The van der Waals surface area contributed by atoms with Crippen molar-refractivity contribution in [1.82, 2.24) is 15.0 Å². The van der Waals surface area contributed by atoms with Gasteiger partial charge in [-0.15, -0.1) is 0 Å². The number of aromatic nitrogens is 2. The second kappa shape index (κ2) is 7.03. The maximum atomic E-state index is 12.4. The number of nitrogens with zero attached hydrogens (tertiary/aromatic N) is 3. The predicted octanol–water partition coefficient (Wildman–Crippen LogP) is 2.76. The molecule has 2 fully saturated rings. The normalized spacial score (nSPS) is 21.2. The minimum Gasteiger partial charge on any atom is -0.367 e. The van der Waals surface area contributed by atoms with Crippen molar-refractivity contribution in [2.24, 2.45) is 0 Å². The second-order valence-electron chi connectivity index (χ2n) is 6.54. The van der Waals surface area contributed by atoms with Crippen molar-refractivity contribution in [3.63, 3.8) is 0 Å². The summed E-state index contributed by atoms with van der Waals surface area (Å²) in [6, 6.07) is 2.01. The molecule has 24 heavy (non-hydrogen) atoms. The van der Waals surface area contributed by atoms with E-state index in [0.29, 0.717) is 31.4 Å². The quantitative estimate of drug-likeness (QED) is 0.804. The lowest BCUT2D eigenvalue weighted by atomic mass is 10.1. The molecule has 1 saturated carbocycles. The van der Waals surface area contributed by atoms with Gasteiger partial charge >= 0.3 is 0 Å². The molecule has 6 nitrogen and oxygen atoms in total. The van der Waals surface area contributed by atoms with Gasteiger partial charge in [-0.1, -0.05) is 5.16 Å². The van der Waals surface area contributed by atoms with Gasteiger partial charge in [0.25, 0.3) is 5.89 Å². The third-order valence-corrected chi connectivity index (χ3v) is 5.27. The highest BCUT2D eigenvalue weighted by molar-refractivity contribution is 7.07. The molecule has 2 aromatic rings. The van der Waals surface area contributed by atoms with E-state index in [1.54, 1.807) is 11.3 Å². The van der Waals surface area contributed by atoms with Crippen LogP contribution < -0.4 is 0 Å². The van der Waals surface area contributed by atoms with Crippen LogP contribution in [0.3, 0.4) is 0 Å². The van der Waals surface area contributed by atoms with Crippen molar-refractivity contribution in [3.05, 3.63) is 34.1 Å². The fourth-order valence-corrected chi connectivity index (χ4v) is 3.67. The lowest BCUT2D eigenvalue weighted by molar-refractivity contribution is -0.135. The summed E-state index contributed by atoms with van der Waals surface area (Å²) in [4.78, 5) is 18.7. The molecular weight excluding hydrogens is 326 g/mol. The Bertz CT molecular complexity index is 681. The highest BCUT2D eigenvalue weighted by atomic mass is 32.1. The number of thiophene rings is 1. The van der Waals surface area contributed by atoms with Crippen LogP contribution in [0.2, 0.25) is 0 Å². The number of rotatable bonds is 6. The number of carbonyl (C=O) groups excluding carboxylic acids is 1. The smallest absolute Gasteiger partial charge is 0.252 e. The molecule has 0 unspecified atom stereocenters. The van der Waals surface area contributed by atoms with Gasteiger partial charge in [0.05, 0.1) is 12.5 Å². The Morgan fingerprint density at radius 2 is 2.33 bits per heavy atom. The number of likely N-dealkylation sites (tertiary alicyclic amines) is 1. The zero-order valence-electron chi connectivity index (χ0n) is 13.5. The molecule has 0 spiro atoms. The van der Waals surface area contributed by atoms with Gasteiger partial charge in [-0.3, -0.25) is 4.79 Å². The number of hydrogen-bond acceptors (Lipinski definition) is 6. The average Bonchev–Trinajstić information content (AvgIpc) is 3.13. The molecule has 3 heterocycles. The zero-order valence-corrected chi connectivity index (χ0v) is 14.3. The Hall–Kier alpha value is -1.73. The lowest BCUT2D eigenvalue weighted by Crippen LogP contribution is -2.43. The van der Waals surface area contributed by atoms with Crippen LogP contribution in [0.5, 0.6) is 0 Å². The van der Waals surface area contributed by atoms with Crippen LogP contribution in [-0.4, -0.2) is 40.1 Å². The van der Waals surface area contributed by atoms with Gasteiger partial charge in [0.2, 0.25) is 5.91 Å². The van der Waals surface area contributed by atoms with Gasteiger partial charge in [-0.05, 0) is 48.1 Å². The summed E-state index contributed by atoms with van der Waals surface area (Å²) in [6.07, 6.45) is 4.77. The molecule has 0 aromatic carbocycles. The van der Waals surface area contributed by atoms with Crippen LogP contribution in [-0.2, 0) is 22.6 Å². The summed E-state index contributed by atoms with van der Waals surface area (Å²) < 4.78 is 11.1. The number of piperidine rings is 1. The number of carbonyl (C=O) groups is 1. The van der Waals surface area contributed by atoms with E-state index in [-0.39, 0.29) is 12.0 Å². The van der Waals surface area contributed by atoms with Crippen molar-refractivity contribution in [3.8, 4) is 0 Å². The van der Waals surface area contributed by atoms with Crippen molar-refractivity contribution in [2.45, 2.75) is 50.7 Å². The third kappa shape index (κ3) is 3.84. The fraction of sp³-hybridized carbons (Fsp3) is 0.588. The summed E-state index contributed by atoms with van der Waals surface area (Å²) in [6.45, 7) is 1.79. The molecule has 0 bridgehead atoms. The van der Waals surface area contributed by atoms with Crippen LogP contribution in [0.15, 0.2) is 21.3 Å². The van der Waals surface area contributed by atoms with E-state index in [1.165, 1.54) is 0 Å². The molecular formula is C17H21N3O3S. The van der Waals surface area contributed by atoms with Crippen LogP contribution in [0.1, 0.15) is 48.9 Å². The molecule has 7 heteroatoms. The molecule has 0 radical (unpaired) electrons. The molecule has 1 atom stereocenters. The van der Waals surface area contributed by atoms with Crippen LogP contribution in [0.4, 0.5) is 0 Å². The Morgan fingerprint density at radius 1 is 1.42 bits per heavy atom. The first-order valence-corrected chi connectivity index (χ1v) is 9.45. The van der Waals surface area contributed by atoms with E-state index in [0.717, 1.165) is 43.6 Å². The van der Waals surface area contributed by atoms with E-state index in [2.05, 4.69) is 10.1 Å². The van der Waals surface area contributed by atoms with Crippen LogP contribution >= 0.6 is 11.3 Å². The molecule has 2 aromatic heterocycles. The highest BCUT2D eigenvalue weighted by Crippen LogP contribution is 2.38. The molecule has 1 aliphatic heterocycles. The molecule has 128 valence electrons. The number of amides is 1. The summed E-state index contributed by atoms with van der Waals surface area (Å²) in [5.41, 5.74) is 1.09. The van der Waals surface area contributed by atoms with Gasteiger partial charge < -0.3 is 14.2 Å². The largest absolute Gasteiger partial charge is 0.367 e. The zero-order chi connectivity index (χ0) is 16.4. The first-order valence-electron chi connectivity index (χ1n) is 8.51. The summed E-state index contributed by atoms with van der Waals surface area (Å²) in [5.74, 6) is 2.02. The monoisotopic (exact) mass is 347 g/mol. The molecule has 4 rings (SSSR count). The van der Waals surface area contributed by atoms with Gasteiger partial charge in [-0.2, -0.15) is 16.3 Å². The number of ether oxygens (including phenoxy) is 1. The first kappa shape index (κ1) is 15.8. The van der Waals surface area contributed by atoms with E-state index in [1.807, 2.05) is 21.7 Å². The molecule has 1 aliphatic carbocycles. The second-order valence-corrected chi connectivity index (χ2v) is 7.32. The van der Waals surface area contributed by atoms with Gasteiger partial charge in [0.1, 0.15) is 6.61 Å². The Morgan fingerprint density at radius 3 is 3.12 bits per heavy atom. The molecule has 0 N–H and O–H groups in total. The van der Waals surface area contributed by atoms with E-state index in [4.69, 9.17) is 9.26 Å². The maximum absolute atomic E-state index is 12.4. The summed E-state index contributed by atoms with van der Waals surface area (Å²) in [7, 11) is 0. The minimum atomic E-state index is 0.0430. The summed E-state index contributed by atoms with van der Waals surface area (Å²) >= 11 is 1.62. The Kier molecular flexibility index (Phi) is 4.62. The van der Waals surface area contributed by atoms with Crippen molar-refractivity contribution < 1.29 is 14.1 Å². The maximum Gasteiger partial charge on any atom is 0.252 e. The molecule has 1 saturated heterocycles. The number of hydrogen-bond donors (Lipinski definition) is 0. The van der Waals surface area contributed by atoms with Gasteiger partial charge in [0.15, 0.2) is 5.82 Å². The van der Waals surface area contributed by atoms with Crippen LogP contribution in [0, 0.1) is 0 Å². The Balaban J connectivity index is 1.27. The van der Waals surface area contributed by atoms with Gasteiger partial charge in [-0.25, -0.2) is 0 Å². The van der Waals surface area contributed by atoms with Gasteiger partial charge in [0, 0.05) is 19.0 Å². The SMILES string of the molecule is O=C(Cc1ccsc1)N1CCC[C@@H](OCc2nc(C3CC3)no2)C1. The third-order valence-electron chi connectivity index (χ3n) is 4.54. The molecule has 2 aliphatic rings. The van der Waals surface area contributed by atoms with E-state index < -0.39 is 0 Å². The lowest BCUT2D eigenvalue weighted by Gasteiger charge is -2.32. The van der Waals surface area contributed by atoms with Crippen molar-refractivity contribution in [2.75, 3.05) is 13.1 Å². The van der Waals surface area contributed by atoms with Crippen molar-refractivity contribution >= 4 is 17.2 Å².